The molecular weight excluding hydrogens is 252 g/mol. The van der Waals surface area contributed by atoms with Gasteiger partial charge in [0.25, 0.3) is 5.91 Å². The van der Waals surface area contributed by atoms with Crippen molar-refractivity contribution in [1.82, 2.24) is 15.3 Å². The first-order valence-electron chi connectivity index (χ1n) is 6.35. The van der Waals surface area contributed by atoms with Crippen molar-refractivity contribution < 1.29 is 4.79 Å². The maximum Gasteiger partial charge on any atom is 0.251 e. The summed E-state index contributed by atoms with van der Waals surface area (Å²) in [4.78, 5) is 19.1. The Bertz CT molecular complexity index is 623. The lowest BCUT2D eigenvalue weighted by Gasteiger charge is -2.04. The van der Waals surface area contributed by atoms with Crippen molar-refractivity contribution in [3.63, 3.8) is 0 Å². The van der Waals surface area contributed by atoms with Crippen LogP contribution >= 0.6 is 0 Å². The molecule has 1 heterocycles. The molecule has 0 aliphatic heterocycles. The van der Waals surface area contributed by atoms with Gasteiger partial charge < -0.3 is 16.0 Å². The quantitative estimate of drug-likeness (QED) is 0.713. The second-order valence-corrected chi connectivity index (χ2v) is 4.13. The van der Waals surface area contributed by atoms with Gasteiger partial charge in [0.05, 0.1) is 6.54 Å². The van der Waals surface area contributed by atoms with E-state index in [0.29, 0.717) is 25.1 Å². The molecular formula is C15H16N4O. The van der Waals surface area contributed by atoms with Crippen LogP contribution in [0.25, 0.3) is 0 Å². The number of hydrogen-bond acceptors (Lipinski definition) is 3. The lowest BCUT2D eigenvalue weighted by molar-refractivity contribution is 0.0954. The van der Waals surface area contributed by atoms with Crippen LogP contribution in [0.5, 0.6) is 0 Å². The van der Waals surface area contributed by atoms with Crippen molar-refractivity contribution in [2.75, 3.05) is 13.1 Å². The Balaban J connectivity index is 1.91. The number of carbonyl (C=O) groups is 1. The van der Waals surface area contributed by atoms with Crippen LogP contribution in [0.4, 0.5) is 0 Å². The molecule has 102 valence electrons. The molecule has 0 spiro atoms. The Morgan fingerprint density at radius 3 is 3.10 bits per heavy atom. The van der Waals surface area contributed by atoms with E-state index in [0.717, 1.165) is 11.4 Å². The topological polar surface area (TPSA) is 83.8 Å². The van der Waals surface area contributed by atoms with Crippen LogP contribution in [0.15, 0.2) is 36.7 Å². The number of benzene rings is 1. The van der Waals surface area contributed by atoms with Gasteiger partial charge in [0.2, 0.25) is 0 Å². The molecule has 0 radical (unpaired) electrons. The number of carbonyl (C=O) groups excluding carboxylic acids is 1. The van der Waals surface area contributed by atoms with E-state index in [-0.39, 0.29) is 5.91 Å². The smallest absolute Gasteiger partial charge is 0.251 e. The normalized spacial score (nSPS) is 9.65. The van der Waals surface area contributed by atoms with Gasteiger partial charge in [0.15, 0.2) is 0 Å². The van der Waals surface area contributed by atoms with Crippen molar-refractivity contribution in [2.24, 2.45) is 5.73 Å². The van der Waals surface area contributed by atoms with E-state index < -0.39 is 0 Å². The summed E-state index contributed by atoms with van der Waals surface area (Å²) in [6, 6.07) is 7.17. The van der Waals surface area contributed by atoms with Gasteiger partial charge in [-0.1, -0.05) is 17.9 Å². The molecule has 0 aliphatic carbocycles. The third-order valence-corrected chi connectivity index (χ3v) is 2.66. The Morgan fingerprint density at radius 2 is 2.35 bits per heavy atom. The van der Waals surface area contributed by atoms with Gasteiger partial charge in [0.1, 0.15) is 5.82 Å². The van der Waals surface area contributed by atoms with Gasteiger partial charge in [0, 0.05) is 36.5 Å². The van der Waals surface area contributed by atoms with Crippen LogP contribution in [0.2, 0.25) is 0 Å². The minimum Gasteiger partial charge on any atom is -0.352 e. The summed E-state index contributed by atoms with van der Waals surface area (Å²) in [5, 5.41) is 2.85. The zero-order chi connectivity index (χ0) is 14.2. The monoisotopic (exact) mass is 268 g/mol. The van der Waals surface area contributed by atoms with E-state index in [1.807, 2.05) is 12.1 Å². The number of rotatable bonds is 4. The first-order valence-corrected chi connectivity index (χ1v) is 6.35. The molecule has 0 atom stereocenters. The minimum atomic E-state index is -0.118. The third-order valence-electron chi connectivity index (χ3n) is 2.66. The number of imidazole rings is 1. The van der Waals surface area contributed by atoms with E-state index in [1.54, 1.807) is 24.5 Å². The van der Waals surface area contributed by atoms with Gasteiger partial charge >= 0.3 is 0 Å². The molecule has 0 bridgehead atoms. The number of nitrogens with one attached hydrogen (secondary N) is 2. The number of H-pyrrole nitrogens is 1. The van der Waals surface area contributed by atoms with Gasteiger partial charge in [-0.15, -0.1) is 0 Å². The predicted octanol–water partition coefficient (Wildman–Crippen LogP) is 0.692. The number of hydrogen-bond donors (Lipinski definition) is 3. The Kier molecular flexibility index (Phi) is 4.93. The summed E-state index contributed by atoms with van der Waals surface area (Å²) in [5.41, 5.74) is 6.70. The van der Waals surface area contributed by atoms with Crippen molar-refractivity contribution in [3.8, 4) is 11.8 Å². The van der Waals surface area contributed by atoms with Crippen LogP contribution < -0.4 is 11.1 Å². The van der Waals surface area contributed by atoms with E-state index in [4.69, 9.17) is 5.73 Å². The molecule has 0 unspecified atom stereocenters. The molecule has 1 amide bonds. The molecule has 0 fully saturated rings. The third kappa shape index (κ3) is 3.97. The first-order chi connectivity index (χ1) is 9.79. The minimum absolute atomic E-state index is 0.118. The van der Waals surface area contributed by atoms with Crippen LogP contribution in [-0.2, 0) is 6.42 Å². The van der Waals surface area contributed by atoms with Gasteiger partial charge in [-0.05, 0) is 18.2 Å². The Labute approximate surface area is 117 Å². The number of aromatic nitrogens is 2. The summed E-state index contributed by atoms with van der Waals surface area (Å²) in [6.07, 6.45) is 4.12. The summed E-state index contributed by atoms with van der Waals surface area (Å²) >= 11 is 0. The molecule has 2 rings (SSSR count). The van der Waals surface area contributed by atoms with E-state index in [2.05, 4.69) is 27.1 Å². The molecule has 2 aromatic rings. The van der Waals surface area contributed by atoms with Crippen molar-refractivity contribution in [2.45, 2.75) is 6.42 Å². The summed E-state index contributed by atoms with van der Waals surface area (Å²) in [7, 11) is 0. The van der Waals surface area contributed by atoms with Crippen molar-refractivity contribution >= 4 is 5.91 Å². The van der Waals surface area contributed by atoms with E-state index in [1.165, 1.54) is 0 Å². The molecule has 20 heavy (non-hydrogen) atoms. The van der Waals surface area contributed by atoms with Gasteiger partial charge in [-0.25, -0.2) is 4.98 Å². The molecule has 4 N–H and O–H groups in total. The van der Waals surface area contributed by atoms with Gasteiger partial charge in [-0.3, -0.25) is 4.79 Å². The van der Waals surface area contributed by atoms with Crippen molar-refractivity contribution in [3.05, 3.63) is 53.6 Å². The fourth-order valence-electron chi connectivity index (χ4n) is 1.72. The number of nitrogens with two attached hydrogens (primary N) is 1. The molecule has 0 saturated carbocycles. The second kappa shape index (κ2) is 7.12. The van der Waals surface area contributed by atoms with Crippen LogP contribution in [0, 0.1) is 11.8 Å². The average Bonchev–Trinajstić information content (AvgIpc) is 2.98. The van der Waals surface area contributed by atoms with Gasteiger partial charge in [-0.2, -0.15) is 0 Å². The van der Waals surface area contributed by atoms with Crippen LogP contribution in [0.3, 0.4) is 0 Å². The largest absolute Gasteiger partial charge is 0.352 e. The average molecular weight is 268 g/mol. The lowest BCUT2D eigenvalue weighted by atomic mass is 10.1. The molecule has 5 nitrogen and oxygen atoms in total. The highest BCUT2D eigenvalue weighted by Gasteiger charge is 2.05. The van der Waals surface area contributed by atoms with E-state index >= 15 is 0 Å². The molecule has 0 saturated heterocycles. The van der Waals surface area contributed by atoms with E-state index in [9.17, 15) is 4.79 Å². The molecule has 1 aromatic heterocycles. The standard InChI is InChI=1S/C15H16N4O/c16-7-2-4-12-3-1-5-13(11-12)15(20)19-8-6-14-17-9-10-18-14/h1,3,5,9-11H,6-8,16H2,(H,17,18)(H,19,20). The zero-order valence-electron chi connectivity index (χ0n) is 11.0. The SMILES string of the molecule is NCC#Cc1cccc(C(=O)NCCc2ncc[nH]2)c1. The maximum absolute atomic E-state index is 12.0. The summed E-state index contributed by atoms with van der Waals surface area (Å²) < 4.78 is 0. The second-order valence-electron chi connectivity index (χ2n) is 4.13. The number of aromatic amines is 1. The predicted molar refractivity (Wildman–Crippen MR) is 77.0 cm³/mol. The fourth-order valence-corrected chi connectivity index (χ4v) is 1.72. The maximum atomic E-state index is 12.0. The number of amides is 1. The van der Waals surface area contributed by atoms with Crippen molar-refractivity contribution in [1.29, 1.82) is 0 Å². The Morgan fingerprint density at radius 1 is 1.45 bits per heavy atom. The lowest BCUT2D eigenvalue weighted by Crippen LogP contribution is -2.25. The summed E-state index contributed by atoms with van der Waals surface area (Å²) in [5.74, 6) is 6.41. The molecule has 0 aliphatic rings. The highest BCUT2D eigenvalue weighted by molar-refractivity contribution is 5.94. The molecule has 5 heteroatoms. The first kappa shape index (κ1) is 13.8. The number of nitrogens with zero attached hydrogens (tertiary/aromatic N) is 1. The fraction of sp³-hybridized carbons (Fsp3) is 0.200. The Hall–Kier alpha value is -2.58. The van der Waals surface area contributed by atoms with Crippen LogP contribution in [-0.4, -0.2) is 29.0 Å². The van der Waals surface area contributed by atoms with Crippen LogP contribution in [0.1, 0.15) is 21.7 Å². The zero-order valence-corrected chi connectivity index (χ0v) is 11.0. The molecule has 1 aromatic carbocycles. The highest BCUT2D eigenvalue weighted by Crippen LogP contribution is 2.04. The summed E-state index contributed by atoms with van der Waals surface area (Å²) in [6.45, 7) is 0.838. The highest BCUT2D eigenvalue weighted by atomic mass is 16.1.